The molecule has 3 saturated heterocycles. The van der Waals surface area contributed by atoms with Crippen LogP contribution in [0.25, 0.3) is 0 Å². The first-order valence-corrected chi connectivity index (χ1v) is 24.7. The molecule has 0 aromatic heterocycles. The van der Waals surface area contributed by atoms with Gasteiger partial charge in [0.2, 0.25) is 5.91 Å². The minimum Gasteiger partial charge on any atom is -0.394 e. The van der Waals surface area contributed by atoms with Crippen LogP contribution in [0.3, 0.4) is 0 Å². The Balaban J connectivity index is 1.57. The Morgan fingerprint density at radius 2 is 0.985 bits per heavy atom. The second-order valence-electron chi connectivity index (χ2n) is 17.9. The molecule has 0 spiro atoms. The third kappa shape index (κ3) is 20.0. The minimum atomic E-state index is -1.98. The fraction of sp³-hybridized carbons (Fsp3) is 0.854. The van der Waals surface area contributed by atoms with Crippen LogP contribution in [-0.4, -0.2) is 193 Å². The molecule has 0 radical (unpaired) electrons. The predicted molar refractivity (Wildman–Crippen MR) is 245 cm³/mol. The smallest absolute Gasteiger partial charge is 0.220 e. The van der Waals surface area contributed by atoms with E-state index in [0.717, 1.165) is 38.5 Å². The van der Waals surface area contributed by atoms with Gasteiger partial charge in [0.05, 0.1) is 38.6 Å². The highest BCUT2D eigenvalue weighted by atomic mass is 16.8. The summed E-state index contributed by atoms with van der Waals surface area (Å²) in [4.78, 5) is 13.2. The van der Waals surface area contributed by atoms with Gasteiger partial charge in [0.1, 0.15) is 73.2 Å². The Morgan fingerprint density at radius 3 is 1.49 bits per heavy atom. The van der Waals surface area contributed by atoms with E-state index >= 15 is 0 Å². The molecule has 12 N–H and O–H groups in total. The van der Waals surface area contributed by atoms with E-state index in [0.29, 0.717) is 12.8 Å². The van der Waals surface area contributed by atoms with E-state index in [1.807, 2.05) is 13.0 Å². The van der Waals surface area contributed by atoms with Gasteiger partial charge in [-0.05, 0) is 39.0 Å². The second kappa shape index (κ2) is 33.6. The summed E-state index contributed by atoms with van der Waals surface area (Å²) in [6, 6.07) is -0.988. The molecular formula is C48H85NO18. The lowest BCUT2D eigenvalue weighted by atomic mass is 9.96. The Kier molecular flexibility index (Phi) is 29.7. The van der Waals surface area contributed by atoms with Gasteiger partial charge in [0, 0.05) is 6.42 Å². The van der Waals surface area contributed by atoms with Crippen LogP contribution in [0.5, 0.6) is 0 Å². The first-order valence-electron chi connectivity index (χ1n) is 24.7. The fourth-order valence-corrected chi connectivity index (χ4v) is 8.34. The number of allylic oxidation sites excluding steroid dienone is 5. The number of aliphatic hydroxyl groups excluding tert-OH is 11. The number of carbonyl (C=O) groups excluding carboxylic acids is 1. The highest BCUT2D eigenvalue weighted by Crippen LogP contribution is 2.33. The van der Waals surface area contributed by atoms with Crippen molar-refractivity contribution in [3.8, 4) is 0 Å². The Labute approximate surface area is 396 Å². The molecule has 0 bridgehead atoms. The van der Waals surface area contributed by atoms with E-state index in [-0.39, 0.29) is 18.9 Å². The van der Waals surface area contributed by atoms with Crippen LogP contribution in [0.15, 0.2) is 36.5 Å². The van der Waals surface area contributed by atoms with Gasteiger partial charge in [-0.15, -0.1) is 0 Å². The molecular weight excluding hydrogens is 879 g/mol. The van der Waals surface area contributed by atoms with Gasteiger partial charge in [-0.1, -0.05) is 120 Å². The van der Waals surface area contributed by atoms with Crippen LogP contribution in [-0.2, 0) is 33.2 Å². The van der Waals surface area contributed by atoms with Gasteiger partial charge >= 0.3 is 0 Å². The molecule has 0 aliphatic carbocycles. The summed E-state index contributed by atoms with van der Waals surface area (Å²) >= 11 is 0. The molecule has 3 rings (SSSR count). The average Bonchev–Trinajstić information content (AvgIpc) is 3.32. The Hall–Kier alpha value is -1.99. The maximum Gasteiger partial charge on any atom is 0.220 e. The molecule has 3 aliphatic heterocycles. The van der Waals surface area contributed by atoms with Gasteiger partial charge in [-0.3, -0.25) is 4.79 Å². The van der Waals surface area contributed by atoms with Crippen molar-refractivity contribution in [1.82, 2.24) is 5.32 Å². The molecule has 19 nitrogen and oxygen atoms in total. The SMILES string of the molecule is C/C=C/CC/C=C/CC/C=C/C(O)C(COC1OC(CO)C(OC2OC(CO)C(OC3OC(CO)C(O)C(O)C3O)C(O)C2O)C(O)C1O)NC(=O)CCCCCCCCCCCCCCC. The van der Waals surface area contributed by atoms with Gasteiger partial charge in [0.15, 0.2) is 18.9 Å². The first kappa shape index (κ1) is 59.3. The van der Waals surface area contributed by atoms with Crippen molar-refractivity contribution in [2.24, 2.45) is 0 Å². The normalized spacial score (nSPS) is 33.8. The summed E-state index contributed by atoms with van der Waals surface area (Å²) in [7, 11) is 0. The van der Waals surface area contributed by atoms with Crippen molar-refractivity contribution in [2.75, 3.05) is 26.4 Å². The fourth-order valence-electron chi connectivity index (χ4n) is 8.34. The van der Waals surface area contributed by atoms with Crippen LogP contribution in [0.4, 0.5) is 0 Å². The first-order chi connectivity index (χ1) is 32.3. The van der Waals surface area contributed by atoms with Crippen molar-refractivity contribution in [1.29, 1.82) is 0 Å². The number of hydrogen-bond acceptors (Lipinski definition) is 18. The van der Waals surface area contributed by atoms with Crippen molar-refractivity contribution >= 4 is 5.91 Å². The van der Waals surface area contributed by atoms with E-state index in [1.54, 1.807) is 12.2 Å². The standard InChI is InChI=1S/C48H85NO18/c1-3-5-7-9-11-13-14-15-16-18-20-22-24-26-36(54)49-31(32(53)25-23-21-19-17-12-10-8-6-4-2)30-62-46-42(60)39(57)44(34(28-51)64-46)67-48-43(61)40(58)45(35(29-52)65-48)66-47-41(59)38(56)37(55)33(27-50)63-47/h4,6,12,17,23,25,31-35,37-48,50-53,55-61H,3,5,7-11,13-16,18-22,24,26-30H2,1-2H3,(H,49,54)/b6-4+,17-12+,25-23+. The molecule has 17 atom stereocenters. The third-order valence-corrected chi connectivity index (χ3v) is 12.5. The molecule has 0 aromatic carbocycles. The lowest BCUT2D eigenvalue weighted by molar-refractivity contribution is -0.379. The number of amides is 1. The molecule has 0 aromatic rings. The van der Waals surface area contributed by atoms with Crippen molar-refractivity contribution in [3.63, 3.8) is 0 Å². The largest absolute Gasteiger partial charge is 0.394 e. The zero-order valence-electron chi connectivity index (χ0n) is 39.6. The molecule has 19 heteroatoms. The number of nitrogens with one attached hydrogen (secondary N) is 1. The van der Waals surface area contributed by atoms with Gasteiger partial charge in [-0.25, -0.2) is 0 Å². The van der Waals surface area contributed by atoms with Crippen LogP contribution < -0.4 is 5.32 Å². The number of aliphatic hydroxyl groups is 11. The average molecular weight is 964 g/mol. The third-order valence-electron chi connectivity index (χ3n) is 12.5. The maximum absolute atomic E-state index is 13.2. The maximum atomic E-state index is 13.2. The summed E-state index contributed by atoms with van der Waals surface area (Å²) in [5.41, 5.74) is 0. The van der Waals surface area contributed by atoms with E-state index in [2.05, 4.69) is 30.5 Å². The summed E-state index contributed by atoms with van der Waals surface area (Å²) < 4.78 is 34.0. The van der Waals surface area contributed by atoms with E-state index < -0.39 is 124 Å². The summed E-state index contributed by atoms with van der Waals surface area (Å²) in [5.74, 6) is -0.296. The Morgan fingerprint density at radius 1 is 0.552 bits per heavy atom. The zero-order valence-corrected chi connectivity index (χ0v) is 39.6. The van der Waals surface area contributed by atoms with E-state index in [1.165, 1.54) is 57.8 Å². The highest BCUT2D eigenvalue weighted by molar-refractivity contribution is 5.76. The molecule has 3 fully saturated rings. The second-order valence-corrected chi connectivity index (χ2v) is 17.9. The number of rotatable bonds is 33. The highest BCUT2D eigenvalue weighted by Gasteiger charge is 2.53. The van der Waals surface area contributed by atoms with Crippen LogP contribution >= 0.6 is 0 Å². The summed E-state index contributed by atoms with van der Waals surface area (Å²) in [6.07, 6.45) is 3.35. The van der Waals surface area contributed by atoms with Crippen molar-refractivity contribution < 1.29 is 89.4 Å². The lowest BCUT2D eigenvalue weighted by Crippen LogP contribution is -2.66. The van der Waals surface area contributed by atoms with E-state index in [4.69, 9.17) is 28.4 Å². The molecule has 67 heavy (non-hydrogen) atoms. The predicted octanol–water partition coefficient (Wildman–Crippen LogP) is 1.03. The molecule has 3 heterocycles. The molecule has 3 aliphatic rings. The zero-order chi connectivity index (χ0) is 49.1. The lowest BCUT2D eigenvalue weighted by Gasteiger charge is -2.48. The summed E-state index contributed by atoms with van der Waals surface area (Å²) in [6.45, 7) is 1.40. The number of ether oxygens (including phenoxy) is 6. The molecule has 390 valence electrons. The molecule has 17 unspecified atom stereocenters. The van der Waals surface area contributed by atoms with E-state index in [9.17, 15) is 61.0 Å². The van der Waals surface area contributed by atoms with Gasteiger partial charge in [-0.2, -0.15) is 0 Å². The topological polar surface area (TPSA) is 307 Å². The van der Waals surface area contributed by atoms with Crippen LogP contribution in [0, 0.1) is 0 Å². The number of unbranched alkanes of at least 4 members (excludes halogenated alkanes) is 14. The molecule has 0 saturated carbocycles. The minimum absolute atomic E-state index is 0.233. The van der Waals surface area contributed by atoms with Crippen LogP contribution in [0.2, 0.25) is 0 Å². The van der Waals surface area contributed by atoms with Gasteiger partial charge in [0.25, 0.3) is 0 Å². The van der Waals surface area contributed by atoms with Crippen molar-refractivity contribution in [2.45, 2.75) is 234 Å². The number of carbonyl (C=O) groups is 1. The van der Waals surface area contributed by atoms with Gasteiger partial charge < -0.3 is 89.9 Å². The molecule has 1 amide bonds. The Bertz CT molecular complexity index is 1390. The van der Waals surface area contributed by atoms with Crippen LogP contribution in [0.1, 0.15) is 129 Å². The monoisotopic (exact) mass is 964 g/mol. The summed E-state index contributed by atoms with van der Waals surface area (Å²) in [5, 5.41) is 119. The quantitative estimate of drug-likeness (QED) is 0.0323. The van der Waals surface area contributed by atoms with Crippen molar-refractivity contribution in [3.05, 3.63) is 36.5 Å². The number of hydrogen-bond donors (Lipinski definition) is 12.